The largest absolute Gasteiger partial charge is 0.497 e. The molecule has 0 fully saturated rings. The van der Waals surface area contributed by atoms with Crippen LogP contribution < -0.4 is 10.1 Å². The second kappa shape index (κ2) is 13.3. The summed E-state index contributed by atoms with van der Waals surface area (Å²) in [4.78, 5) is 39.7. The van der Waals surface area contributed by atoms with Gasteiger partial charge in [-0.15, -0.1) is 0 Å². The lowest BCUT2D eigenvalue weighted by atomic mass is 9.92. The van der Waals surface area contributed by atoms with Gasteiger partial charge in [-0.05, 0) is 49.6 Å². The van der Waals surface area contributed by atoms with E-state index in [9.17, 15) is 14.4 Å². The second-order valence-electron chi connectivity index (χ2n) is 9.56. The number of amides is 1. The highest BCUT2D eigenvalue weighted by molar-refractivity contribution is 5.96. The molecule has 1 unspecified atom stereocenters. The Balaban J connectivity index is 1.93. The average molecular weight is 520 g/mol. The highest BCUT2D eigenvalue weighted by Gasteiger charge is 2.40. The molecule has 38 heavy (non-hydrogen) atoms. The van der Waals surface area contributed by atoms with Crippen molar-refractivity contribution < 1.29 is 33.3 Å². The lowest BCUT2D eigenvalue weighted by molar-refractivity contribution is -0.165. The first-order chi connectivity index (χ1) is 18.2. The summed E-state index contributed by atoms with van der Waals surface area (Å²) in [6.07, 6.45) is -0.796. The molecule has 0 aliphatic heterocycles. The van der Waals surface area contributed by atoms with Crippen LogP contribution in [0.15, 0.2) is 84.9 Å². The van der Waals surface area contributed by atoms with Crippen LogP contribution in [0.1, 0.15) is 43.5 Å². The fourth-order valence-electron chi connectivity index (χ4n) is 3.61. The Labute approximate surface area is 222 Å². The summed E-state index contributed by atoms with van der Waals surface area (Å²) in [5.74, 6) is -2.63. The maximum atomic E-state index is 13.4. The van der Waals surface area contributed by atoms with Crippen LogP contribution in [0.2, 0.25) is 0 Å². The molecule has 0 bridgehead atoms. The van der Waals surface area contributed by atoms with Crippen molar-refractivity contribution >= 4 is 18.0 Å². The molecule has 1 atom stereocenters. The van der Waals surface area contributed by atoms with Gasteiger partial charge in [0.1, 0.15) is 24.6 Å². The van der Waals surface area contributed by atoms with E-state index in [1.54, 1.807) is 69.3 Å². The standard InChI is InChI=1S/C30H33NO7/c1-30(2,3)38-29(34)31-26(23-15-17-24(35-4)18-16-23)25(27(32)36-19-21-11-7-5-8-12-21)28(33)37-20-22-13-9-6-10-14-22/h5-18,25-26H,19-20H2,1-4H3,(H,31,34). The number of alkyl carbamates (subject to hydrolysis) is 1. The van der Waals surface area contributed by atoms with Gasteiger partial charge in [-0.25, -0.2) is 4.79 Å². The zero-order valence-electron chi connectivity index (χ0n) is 22.0. The van der Waals surface area contributed by atoms with Crippen LogP contribution in [0.5, 0.6) is 5.75 Å². The number of rotatable bonds is 10. The number of methoxy groups -OCH3 is 1. The molecule has 0 saturated heterocycles. The summed E-state index contributed by atoms with van der Waals surface area (Å²) in [5.41, 5.74) is 1.16. The summed E-state index contributed by atoms with van der Waals surface area (Å²) in [5, 5.41) is 2.68. The number of nitrogens with one attached hydrogen (secondary N) is 1. The van der Waals surface area contributed by atoms with Gasteiger partial charge in [0.25, 0.3) is 0 Å². The van der Waals surface area contributed by atoms with Crippen molar-refractivity contribution in [1.82, 2.24) is 5.32 Å². The molecule has 0 aliphatic rings. The smallest absolute Gasteiger partial charge is 0.408 e. The normalized spacial score (nSPS) is 11.8. The van der Waals surface area contributed by atoms with Crippen molar-refractivity contribution in [1.29, 1.82) is 0 Å². The minimum atomic E-state index is -1.51. The highest BCUT2D eigenvalue weighted by atomic mass is 16.6. The Kier molecular flexibility index (Phi) is 9.87. The number of carbonyl (C=O) groups excluding carboxylic acids is 3. The molecule has 0 aromatic heterocycles. The van der Waals surface area contributed by atoms with Gasteiger partial charge in [0, 0.05) is 0 Å². The van der Waals surface area contributed by atoms with Gasteiger partial charge in [0.2, 0.25) is 0 Å². The van der Waals surface area contributed by atoms with Crippen LogP contribution in [-0.4, -0.2) is 30.7 Å². The van der Waals surface area contributed by atoms with Gasteiger partial charge in [0.05, 0.1) is 13.2 Å². The lowest BCUT2D eigenvalue weighted by Crippen LogP contribution is -2.43. The van der Waals surface area contributed by atoms with Crippen molar-refractivity contribution in [2.45, 2.75) is 45.6 Å². The summed E-state index contributed by atoms with van der Waals surface area (Å²) in [7, 11) is 1.52. The van der Waals surface area contributed by atoms with Gasteiger partial charge < -0.3 is 24.3 Å². The van der Waals surface area contributed by atoms with Crippen LogP contribution in [0.4, 0.5) is 4.79 Å². The molecule has 1 N–H and O–H groups in total. The van der Waals surface area contributed by atoms with Crippen LogP contribution in [0, 0.1) is 5.92 Å². The van der Waals surface area contributed by atoms with E-state index in [-0.39, 0.29) is 13.2 Å². The second-order valence-corrected chi connectivity index (χ2v) is 9.56. The van der Waals surface area contributed by atoms with Crippen molar-refractivity contribution in [3.8, 4) is 5.75 Å². The molecule has 3 aromatic rings. The Morgan fingerprint density at radius 3 is 1.63 bits per heavy atom. The quantitative estimate of drug-likeness (QED) is 0.219. The minimum absolute atomic E-state index is 0.0517. The van der Waals surface area contributed by atoms with Crippen LogP contribution in [0.3, 0.4) is 0 Å². The fraction of sp³-hybridized carbons (Fsp3) is 0.300. The number of carbonyl (C=O) groups is 3. The molecular formula is C30H33NO7. The molecule has 0 spiro atoms. The molecule has 0 aliphatic carbocycles. The van der Waals surface area contributed by atoms with E-state index in [1.165, 1.54) is 7.11 Å². The third kappa shape index (κ3) is 8.65. The molecular weight excluding hydrogens is 486 g/mol. The Morgan fingerprint density at radius 1 is 0.737 bits per heavy atom. The van der Waals surface area contributed by atoms with Gasteiger partial charge in [-0.3, -0.25) is 9.59 Å². The van der Waals surface area contributed by atoms with E-state index in [2.05, 4.69) is 5.32 Å². The summed E-state index contributed by atoms with van der Waals surface area (Å²) in [6.45, 7) is 5.05. The van der Waals surface area contributed by atoms with Gasteiger partial charge in [-0.1, -0.05) is 72.8 Å². The van der Waals surface area contributed by atoms with Gasteiger partial charge in [-0.2, -0.15) is 0 Å². The number of hydrogen-bond donors (Lipinski definition) is 1. The predicted octanol–water partition coefficient (Wildman–Crippen LogP) is 5.36. The zero-order valence-corrected chi connectivity index (χ0v) is 22.0. The van der Waals surface area contributed by atoms with E-state index >= 15 is 0 Å². The van der Waals surface area contributed by atoms with Crippen molar-refractivity contribution in [3.05, 3.63) is 102 Å². The van der Waals surface area contributed by atoms with E-state index < -0.39 is 35.6 Å². The van der Waals surface area contributed by atoms with E-state index in [0.717, 1.165) is 11.1 Å². The maximum Gasteiger partial charge on any atom is 0.408 e. The van der Waals surface area contributed by atoms with Gasteiger partial charge in [0.15, 0.2) is 5.92 Å². The van der Waals surface area contributed by atoms with E-state index in [4.69, 9.17) is 18.9 Å². The Bertz CT molecular complexity index is 1130. The Hall–Kier alpha value is -4.33. The van der Waals surface area contributed by atoms with Gasteiger partial charge >= 0.3 is 18.0 Å². The summed E-state index contributed by atoms with van der Waals surface area (Å²) >= 11 is 0. The molecule has 8 nitrogen and oxygen atoms in total. The molecule has 200 valence electrons. The topological polar surface area (TPSA) is 100 Å². The van der Waals surface area contributed by atoms with Crippen LogP contribution >= 0.6 is 0 Å². The average Bonchev–Trinajstić information content (AvgIpc) is 2.90. The molecule has 3 aromatic carbocycles. The minimum Gasteiger partial charge on any atom is -0.497 e. The first-order valence-corrected chi connectivity index (χ1v) is 12.2. The molecule has 3 rings (SSSR count). The first-order valence-electron chi connectivity index (χ1n) is 12.2. The number of benzene rings is 3. The zero-order chi connectivity index (χ0) is 27.5. The van der Waals surface area contributed by atoms with Crippen molar-refractivity contribution in [3.63, 3.8) is 0 Å². The third-order valence-electron chi connectivity index (χ3n) is 5.44. The molecule has 0 heterocycles. The monoisotopic (exact) mass is 519 g/mol. The van der Waals surface area contributed by atoms with Crippen molar-refractivity contribution in [2.75, 3.05) is 7.11 Å². The summed E-state index contributed by atoms with van der Waals surface area (Å²) in [6, 6.07) is 23.7. The lowest BCUT2D eigenvalue weighted by Gasteiger charge is -2.28. The van der Waals surface area contributed by atoms with E-state index in [0.29, 0.717) is 11.3 Å². The number of esters is 2. The van der Waals surface area contributed by atoms with E-state index in [1.807, 2.05) is 36.4 Å². The number of ether oxygens (including phenoxy) is 4. The SMILES string of the molecule is COc1ccc(C(NC(=O)OC(C)(C)C)C(C(=O)OCc2ccccc2)C(=O)OCc2ccccc2)cc1. The molecule has 0 saturated carbocycles. The van der Waals surface area contributed by atoms with Crippen LogP contribution in [0.25, 0.3) is 0 Å². The maximum absolute atomic E-state index is 13.4. The van der Waals surface area contributed by atoms with Crippen LogP contribution in [-0.2, 0) is 37.0 Å². The third-order valence-corrected chi connectivity index (χ3v) is 5.44. The first kappa shape index (κ1) is 28.2. The predicted molar refractivity (Wildman–Crippen MR) is 141 cm³/mol. The molecule has 8 heteroatoms. The highest BCUT2D eigenvalue weighted by Crippen LogP contribution is 2.28. The fourth-order valence-corrected chi connectivity index (χ4v) is 3.61. The Morgan fingerprint density at radius 2 is 1.21 bits per heavy atom. The molecule has 0 radical (unpaired) electrons. The summed E-state index contributed by atoms with van der Waals surface area (Å²) < 4.78 is 21.7. The number of hydrogen-bond acceptors (Lipinski definition) is 7. The van der Waals surface area contributed by atoms with Crippen molar-refractivity contribution in [2.24, 2.45) is 5.92 Å². The molecule has 1 amide bonds.